The van der Waals surface area contributed by atoms with Gasteiger partial charge >= 0.3 is 5.97 Å². The van der Waals surface area contributed by atoms with Crippen molar-refractivity contribution < 1.29 is 19.4 Å². The molecule has 0 aromatic heterocycles. The maximum Gasteiger partial charge on any atom is 0.361 e. The van der Waals surface area contributed by atoms with Gasteiger partial charge in [-0.25, -0.2) is 4.79 Å². The van der Waals surface area contributed by atoms with E-state index in [1.165, 1.54) is 12.1 Å². The van der Waals surface area contributed by atoms with Crippen molar-refractivity contribution in [2.75, 3.05) is 7.11 Å². The van der Waals surface area contributed by atoms with Gasteiger partial charge in [0.25, 0.3) is 11.6 Å². The van der Waals surface area contributed by atoms with Crippen LogP contribution in [0.5, 0.6) is 0 Å². The number of carbonyl (C=O) groups excluding carboxylic acids is 2. The molecule has 1 aliphatic heterocycles. The maximum absolute atomic E-state index is 12.6. The van der Waals surface area contributed by atoms with Crippen LogP contribution >= 0.6 is 11.6 Å². The molecule has 0 aliphatic carbocycles. The van der Waals surface area contributed by atoms with E-state index in [1.807, 2.05) is 13.8 Å². The summed E-state index contributed by atoms with van der Waals surface area (Å²) in [5, 5.41) is 16.0. The molecule has 6 nitrogen and oxygen atoms in total. The number of rotatable bonds is 3. The minimum atomic E-state index is -2.12. The van der Waals surface area contributed by atoms with E-state index >= 15 is 0 Å². The average molecular weight is 325 g/mol. The second-order valence-corrected chi connectivity index (χ2v) is 5.79. The third-order valence-electron chi connectivity index (χ3n) is 3.47. The Bertz CT molecular complexity index is 627. The van der Waals surface area contributed by atoms with E-state index in [9.17, 15) is 14.7 Å². The van der Waals surface area contributed by atoms with Crippen molar-refractivity contribution in [3.05, 3.63) is 34.9 Å². The first-order valence-electron chi connectivity index (χ1n) is 6.78. The summed E-state index contributed by atoms with van der Waals surface area (Å²) >= 11 is 5.79. The second-order valence-electron chi connectivity index (χ2n) is 5.35. The van der Waals surface area contributed by atoms with Crippen LogP contribution in [0.3, 0.4) is 0 Å². The van der Waals surface area contributed by atoms with Crippen molar-refractivity contribution in [1.29, 1.82) is 0 Å². The molecule has 0 radical (unpaired) electrons. The highest BCUT2D eigenvalue weighted by Gasteiger charge is 2.52. The third kappa shape index (κ3) is 2.84. The number of ether oxygens (including phenoxy) is 1. The fourth-order valence-corrected chi connectivity index (χ4v) is 2.27. The van der Waals surface area contributed by atoms with Gasteiger partial charge in [0.15, 0.2) is 0 Å². The van der Waals surface area contributed by atoms with Gasteiger partial charge in [-0.1, -0.05) is 25.4 Å². The Morgan fingerprint density at radius 1 is 1.36 bits per heavy atom. The first-order valence-corrected chi connectivity index (χ1v) is 7.15. The van der Waals surface area contributed by atoms with Gasteiger partial charge in [0.1, 0.15) is 0 Å². The molecule has 0 saturated carbocycles. The fraction of sp³-hybridized carbons (Fsp3) is 0.400. The van der Waals surface area contributed by atoms with E-state index in [1.54, 1.807) is 12.1 Å². The molecule has 0 unspecified atom stereocenters. The minimum absolute atomic E-state index is 0.0146. The molecule has 1 amide bonds. The van der Waals surface area contributed by atoms with Gasteiger partial charge in [0, 0.05) is 22.7 Å². The number of amides is 1. The topological polar surface area (TPSA) is 79.2 Å². The summed E-state index contributed by atoms with van der Waals surface area (Å²) in [5.41, 5.74) is -1.30. The Morgan fingerprint density at radius 2 is 1.95 bits per heavy atom. The van der Waals surface area contributed by atoms with Crippen LogP contribution < -0.4 is 0 Å². The number of benzene rings is 1. The number of hydrazone groups is 1. The zero-order chi connectivity index (χ0) is 16.5. The molecule has 0 fully saturated rings. The van der Waals surface area contributed by atoms with Crippen LogP contribution in [0.25, 0.3) is 0 Å². The molecule has 1 aliphatic rings. The summed E-state index contributed by atoms with van der Waals surface area (Å²) in [6.45, 7) is 3.74. The summed E-state index contributed by atoms with van der Waals surface area (Å²) in [7, 11) is 1.15. The van der Waals surface area contributed by atoms with Crippen molar-refractivity contribution in [2.45, 2.75) is 26.0 Å². The lowest BCUT2D eigenvalue weighted by Crippen LogP contribution is -2.52. The number of esters is 1. The van der Waals surface area contributed by atoms with Gasteiger partial charge in [-0.2, -0.15) is 10.1 Å². The average Bonchev–Trinajstić information content (AvgIpc) is 2.86. The van der Waals surface area contributed by atoms with E-state index < -0.39 is 17.6 Å². The molecule has 22 heavy (non-hydrogen) atoms. The molecule has 118 valence electrons. The molecule has 7 heteroatoms. The summed E-state index contributed by atoms with van der Waals surface area (Å²) in [6.07, 6.45) is -0.0727. The maximum atomic E-state index is 12.6. The zero-order valence-electron chi connectivity index (χ0n) is 12.5. The van der Waals surface area contributed by atoms with Crippen molar-refractivity contribution in [3.8, 4) is 0 Å². The molecule has 2 rings (SSSR count). The van der Waals surface area contributed by atoms with Crippen molar-refractivity contribution in [1.82, 2.24) is 5.01 Å². The van der Waals surface area contributed by atoms with E-state index in [0.717, 1.165) is 12.1 Å². The minimum Gasteiger partial charge on any atom is -0.465 e. The highest BCUT2D eigenvalue weighted by Crippen LogP contribution is 2.31. The van der Waals surface area contributed by atoms with Gasteiger partial charge in [0.05, 0.1) is 7.11 Å². The molecule has 1 aromatic rings. The largest absolute Gasteiger partial charge is 0.465 e. The highest BCUT2D eigenvalue weighted by molar-refractivity contribution is 6.30. The normalized spacial score (nSPS) is 21.0. The van der Waals surface area contributed by atoms with Gasteiger partial charge < -0.3 is 9.84 Å². The monoisotopic (exact) mass is 324 g/mol. The van der Waals surface area contributed by atoms with Crippen LogP contribution in [0, 0.1) is 5.92 Å². The molecule has 1 heterocycles. The van der Waals surface area contributed by atoms with E-state index in [2.05, 4.69) is 9.84 Å². The van der Waals surface area contributed by atoms with Crippen molar-refractivity contribution in [3.63, 3.8) is 0 Å². The second kappa shape index (κ2) is 6.06. The van der Waals surface area contributed by atoms with E-state index in [-0.39, 0.29) is 17.9 Å². The number of hydrogen-bond donors (Lipinski definition) is 1. The highest BCUT2D eigenvalue weighted by atomic mass is 35.5. The number of hydrogen-bond acceptors (Lipinski definition) is 5. The van der Waals surface area contributed by atoms with Crippen LogP contribution in [-0.2, 0) is 9.53 Å². The first-order chi connectivity index (χ1) is 10.3. The molecular formula is C15H17ClN2O4. The summed E-state index contributed by atoms with van der Waals surface area (Å²) in [6, 6.07) is 6.11. The van der Waals surface area contributed by atoms with E-state index in [0.29, 0.717) is 10.7 Å². The number of methoxy groups -OCH3 is 1. The number of carbonyl (C=O) groups is 2. The van der Waals surface area contributed by atoms with Crippen LogP contribution in [0.1, 0.15) is 30.6 Å². The molecule has 0 spiro atoms. The lowest BCUT2D eigenvalue weighted by Gasteiger charge is -2.28. The van der Waals surface area contributed by atoms with Crippen LogP contribution in [0.4, 0.5) is 0 Å². The predicted molar refractivity (Wildman–Crippen MR) is 81.5 cm³/mol. The lowest BCUT2D eigenvalue weighted by molar-refractivity contribution is -0.176. The van der Waals surface area contributed by atoms with Crippen LogP contribution in [0.15, 0.2) is 29.4 Å². The number of aliphatic hydroxyl groups is 1. The molecular weight excluding hydrogens is 308 g/mol. The lowest BCUT2D eigenvalue weighted by atomic mass is 9.99. The zero-order valence-corrected chi connectivity index (χ0v) is 13.3. The summed E-state index contributed by atoms with van der Waals surface area (Å²) < 4.78 is 4.62. The molecule has 0 bridgehead atoms. The smallest absolute Gasteiger partial charge is 0.361 e. The van der Waals surface area contributed by atoms with Crippen molar-refractivity contribution in [2.24, 2.45) is 11.0 Å². The SMILES string of the molecule is COC(=O)[C@@]1(O)CC(C(C)C)=NN1C(=O)c1ccc(Cl)cc1. The Labute approximate surface area is 133 Å². The van der Waals surface area contributed by atoms with Crippen LogP contribution in [-0.4, -0.2) is 40.5 Å². The number of halogens is 1. The summed E-state index contributed by atoms with van der Waals surface area (Å²) in [5.74, 6) is -1.53. The summed E-state index contributed by atoms with van der Waals surface area (Å²) in [4.78, 5) is 24.5. The van der Waals surface area contributed by atoms with Gasteiger partial charge in [-0.05, 0) is 30.2 Å². The van der Waals surface area contributed by atoms with Gasteiger partial charge in [-0.3, -0.25) is 4.79 Å². The number of nitrogens with zero attached hydrogens (tertiary/aromatic N) is 2. The van der Waals surface area contributed by atoms with Gasteiger partial charge in [-0.15, -0.1) is 0 Å². The Morgan fingerprint density at radius 3 is 2.45 bits per heavy atom. The fourth-order valence-electron chi connectivity index (χ4n) is 2.14. The Kier molecular flexibility index (Phi) is 4.53. The molecule has 1 atom stereocenters. The Hall–Kier alpha value is -1.92. The quantitative estimate of drug-likeness (QED) is 0.863. The standard InChI is InChI=1S/C15H17ClN2O4/c1-9(2)12-8-15(21,14(20)22-3)18(17-12)13(19)10-4-6-11(16)7-5-10/h4-7,9,21H,8H2,1-3H3/t15-/m0/s1. The molecule has 0 saturated heterocycles. The van der Waals surface area contributed by atoms with Crippen LogP contribution in [0.2, 0.25) is 5.02 Å². The molecule has 1 N–H and O–H groups in total. The third-order valence-corrected chi connectivity index (χ3v) is 3.72. The molecule has 1 aromatic carbocycles. The Balaban J connectivity index is 2.41. The van der Waals surface area contributed by atoms with Crippen molar-refractivity contribution >= 4 is 29.2 Å². The predicted octanol–water partition coefficient (Wildman–Crippen LogP) is 2.06. The van der Waals surface area contributed by atoms with E-state index in [4.69, 9.17) is 11.6 Å². The first kappa shape index (κ1) is 16.5. The van der Waals surface area contributed by atoms with Gasteiger partial charge in [0.2, 0.25) is 0 Å².